The molecule has 1 aliphatic heterocycles. The Hall–Kier alpha value is -1.72. The average molecular weight is 267 g/mol. The van der Waals surface area contributed by atoms with Gasteiger partial charge in [0.15, 0.2) is 11.5 Å². The third-order valence-corrected chi connectivity index (χ3v) is 3.34. The molecular formula is C12H11ClN2O3. The summed E-state index contributed by atoms with van der Waals surface area (Å²) in [5.74, 6) is 2.10. The fourth-order valence-electron chi connectivity index (χ4n) is 1.93. The van der Waals surface area contributed by atoms with Crippen LogP contribution in [0.1, 0.15) is 5.69 Å². The van der Waals surface area contributed by atoms with Gasteiger partial charge >= 0.3 is 0 Å². The van der Waals surface area contributed by atoms with Gasteiger partial charge in [0.25, 0.3) is 0 Å². The molecular weight excluding hydrogens is 256 g/mol. The van der Waals surface area contributed by atoms with Crippen LogP contribution in [0.25, 0.3) is 11.4 Å². The summed E-state index contributed by atoms with van der Waals surface area (Å²) >= 11 is 6.07. The zero-order valence-electron chi connectivity index (χ0n) is 9.68. The Kier molecular flexibility index (Phi) is 2.65. The van der Waals surface area contributed by atoms with Gasteiger partial charge < -0.3 is 19.1 Å². The topological polar surface area (TPSA) is 56.5 Å². The lowest BCUT2D eigenvalue weighted by atomic mass is 10.2. The summed E-state index contributed by atoms with van der Waals surface area (Å²) in [6.45, 7) is 0.0548. The Bertz CT molecular complexity index is 610. The molecule has 18 heavy (non-hydrogen) atoms. The number of imidazole rings is 1. The molecule has 5 nitrogen and oxygen atoms in total. The van der Waals surface area contributed by atoms with Gasteiger partial charge in [-0.25, -0.2) is 4.98 Å². The summed E-state index contributed by atoms with van der Waals surface area (Å²) in [5, 5.41) is 9.59. The van der Waals surface area contributed by atoms with Crippen molar-refractivity contribution in [1.29, 1.82) is 0 Å². The molecule has 3 rings (SSSR count). The van der Waals surface area contributed by atoms with Crippen LogP contribution in [0.4, 0.5) is 0 Å². The van der Waals surface area contributed by atoms with E-state index in [2.05, 4.69) is 4.98 Å². The number of hydrogen-bond acceptors (Lipinski definition) is 4. The van der Waals surface area contributed by atoms with Crippen molar-refractivity contribution in [3.8, 4) is 22.9 Å². The lowest BCUT2D eigenvalue weighted by Crippen LogP contribution is -1.93. The van der Waals surface area contributed by atoms with Crippen molar-refractivity contribution in [3.05, 3.63) is 29.0 Å². The van der Waals surface area contributed by atoms with Gasteiger partial charge in [-0.05, 0) is 18.2 Å². The van der Waals surface area contributed by atoms with Gasteiger partial charge in [-0.15, -0.1) is 0 Å². The molecule has 0 atom stereocenters. The van der Waals surface area contributed by atoms with Crippen molar-refractivity contribution < 1.29 is 14.6 Å². The van der Waals surface area contributed by atoms with E-state index in [1.165, 1.54) is 0 Å². The Balaban J connectivity index is 2.10. The van der Waals surface area contributed by atoms with Gasteiger partial charge in [0.1, 0.15) is 16.7 Å². The van der Waals surface area contributed by atoms with Crippen LogP contribution < -0.4 is 9.47 Å². The maximum Gasteiger partial charge on any atom is 0.231 e. The normalized spacial score (nSPS) is 13.1. The third kappa shape index (κ3) is 1.63. The van der Waals surface area contributed by atoms with E-state index < -0.39 is 0 Å². The first-order valence-electron chi connectivity index (χ1n) is 5.42. The lowest BCUT2D eigenvalue weighted by Gasteiger charge is -2.03. The summed E-state index contributed by atoms with van der Waals surface area (Å²) in [7, 11) is 1.80. The highest BCUT2D eigenvalue weighted by Gasteiger charge is 2.18. The number of benzene rings is 1. The highest BCUT2D eigenvalue weighted by Crippen LogP contribution is 2.36. The number of ether oxygens (including phenoxy) is 2. The predicted molar refractivity (Wildman–Crippen MR) is 65.7 cm³/mol. The molecule has 0 spiro atoms. The molecule has 2 aromatic rings. The Morgan fingerprint density at radius 1 is 1.39 bits per heavy atom. The number of aromatic nitrogens is 2. The summed E-state index contributed by atoms with van der Waals surface area (Å²) in [6.07, 6.45) is 0. The number of aliphatic hydroxyl groups excluding tert-OH is 1. The van der Waals surface area contributed by atoms with E-state index in [4.69, 9.17) is 26.2 Å². The second-order valence-corrected chi connectivity index (χ2v) is 4.32. The largest absolute Gasteiger partial charge is 0.454 e. The number of fused-ring (bicyclic) bond motifs is 1. The first-order chi connectivity index (χ1) is 8.70. The molecule has 0 saturated carbocycles. The van der Waals surface area contributed by atoms with Gasteiger partial charge in [-0.2, -0.15) is 0 Å². The average Bonchev–Trinajstić information content (AvgIpc) is 2.95. The van der Waals surface area contributed by atoms with Crippen molar-refractivity contribution in [2.75, 3.05) is 6.79 Å². The van der Waals surface area contributed by atoms with Crippen molar-refractivity contribution in [2.45, 2.75) is 6.61 Å². The maximum atomic E-state index is 9.15. The Morgan fingerprint density at radius 3 is 2.89 bits per heavy atom. The minimum Gasteiger partial charge on any atom is -0.454 e. The van der Waals surface area contributed by atoms with Crippen molar-refractivity contribution in [3.63, 3.8) is 0 Å². The summed E-state index contributed by atoms with van der Waals surface area (Å²) in [4.78, 5) is 4.31. The molecule has 0 saturated heterocycles. The fraction of sp³-hybridized carbons (Fsp3) is 0.250. The third-order valence-electron chi connectivity index (χ3n) is 2.87. The summed E-state index contributed by atoms with van der Waals surface area (Å²) < 4.78 is 12.3. The highest BCUT2D eigenvalue weighted by atomic mass is 35.5. The monoisotopic (exact) mass is 266 g/mol. The lowest BCUT2D eigenvalue weighted by molar-refractivity contribution is 0.174. The molecule has 2 heterocycles. The molecule has 0 bridgehead atoms. The molecule has 94 valence electrons. The molecule has 0 fully saturated rings. The quantitative estimate of drug-likeness (QED) is 0.903. The minimum absolute atomic E-state index is 0.183. The van der Waals surface area contributed by atoms with E-state index >= 15 is 0 Å². The van der Waals surface area contributed by atoms with Crippen LogP contribution in [0, 0.1) is 0 Å². The van der Waals surface area contributed by atoms with Crippen LogP contribution in [-0.4, -0.2) is 21.5 Å². The number of hydrogen-bond donors (Lipinski definition) is 1. The van der Waals surface area contributed by atoms with Gasteiger partial charge in [-0.1, -0.05) is 11.6 Å². The van der Waals surface area contributed by atoms with Crippen LogP contribution in [0.15, 0.2) is 18.2 Å². The fourth-order valence-corrected chi connectivity index (χ4v) is 2.11. The van der Waals surface area contributed by atoms with Crippen molar-refractivity contribution in [2.24, 2.45) is 7.05 Å². The van der Waals surface area contributed by atoms with Gasteiger partial charge in [-0.3, -0.25) is 0 Å². The molecule has 1 aromatic heterocycles. The number of aliphatic hydroxyl groups is 1. The van der Waals surface area contributed by atoms with Crippen molar-refractivity contribution in [1.82, 2.24) is 9.55 Å². The molecule has 0 aliphatic carbocycles. The standard InChI is InChI=1S/C12H11ClN2O3/c1-15-11(13)8(5-16)14-12(15)7-2-3-9-10(4-7)18-6-17-9/h2-4,16H,5-6H2,1H3. The molecule has 6 heteroatoms. The van der Waals surface area contributed by atoms with E-state index in [1.54, 1.807) is 11.6 Å². The molecule has 0 amide bonds. The Morgan fingerprint density at radius 2 is 2.17 bits per heavy atom. The van der Waals surface area contributed by atoms with Gasteiger partial charge in [0.2, 0.25) is 6.79 Å². The van der Waals surface area contributed by atoms with Crippen LogP contribution in [0.5, 0.6) is 11.5 Å². The van der Waals surface area contributed by atoms with Crippen LogP contribution in [0.2, 0.25) is 5.15 Å². The smallest absolute Gasteiger partial charge is 0.231 e. The number of halogens is 1. The molecule has 0 unspecified atom stereocenters. The highest BCUT2D eigenvalue weighted by molar-refractivity contribution is 6.30. The second kappa shape index (κ2) is 4.19. The van der Waals surface area contributed by atoms with E-state index in [-0.39, 0.29) is 13.4 Å². The van der Waals surface area contributed by atoms with Crippen LogP contribution in [0.3, 0.4) is 0 Å². The van der Waals surface area contributed by atoms with E-state index in [9.17, 15) is 0 Å². The zero-order valence-corrected chi connectivity index (χ0v) is 10.4. The minimum atomic E-state index is -0.183. The summed E-state index contributed by atoms with van der Waals surface area (Å²) in [5.41, 5.74) is 1.33. The molecule has 1 aliphatic rings. The molecule has 1 N–H and O–H groups in total. The van der Waals surface area contributed by atoms with E-state index in [1.807, 2.05) is 18.2 Å². The SMILES string of the molecule is Cn1c(-c2ccc3c(c2)OCO3)nc(CO)c1Cl. The number of rotatable bonds is 2. The van der Waals surface area contributed by atoms with Crippen LogP contribution in [-0.2, 0) is 13.7 Å². The van der Waals surface area contributed by atoms with Gasteiger partial charge in [0.05, 0.1) is 6.61 Å². The maximum absolute atomic E-state index is 9.15. The Labute approximate surface area is 109 Å². The first-order valence-corrected chi connectivity index (χ1v) is 5.80. The summed E-state index contributed by atoms with van der Waals surface area (Å²) in [6, 6.07) is 5.56. The van der Waals surface area contributed by atoms with E-state index in [0.29, 0.717) is 22.4 Å². The molecule has 1 aromatic carbocycles. The van der Waals surface area contributed by atoms with E-state index in [0.717, 1.165) is 11.3 Å². The second-order valence-electron chi connectivity index (χ2n) is 3.96. The van der Waals surface area contributed by atoms with Crippen molar-refractivity contribution >= 4 is 11.6 Å². The predicted octanol–water partition coefficient (Wildman–Crippen LogP) is 1.96. The first kappa shape index (κ1) is 11.4. The van der Waals surface area contributed by atoms with Gasteiger partial charge in [0, 0.05) is 12.6 Å². The molecule has 0 radical (unpaired) electrons. The number of nitrogens with zero attached hydrogens (tertiary/aromatic N) is 2. The zero-order chi connectivity index (χ0) is 12.7. The van der Waals surface area contributed by atoms with Crippen LogP contribution >= 0.6 is 11.6 Å².